The van der Waals surface area contributed by atoms with Crippen LogP contribution < -0.4 is 14.8 Å². The summed E-state index contributed by atoms with van der Waals surface area (Å²) in [5.41, 5.74) is 2.16. The lowest BCUT2D eigenvalue weighted by atomic mass is 10.1. The minimum atomic E-state index is -0.0582. The lowest BCUT2D eigenvalue weighted by Crippen LogP contribution is -2.28. The van der Waals surface area contributed by atoms with Gasteiger partial charge in [0, 0.05) is 24.2 Å². The molecule has 3 rings (SSSR count). The zero-order chi connectivity index (χ0) is 17.1. The van der Waals surface area contributed by atoms with E-state index in [1.165, 1.54) is 0 Å². The van der Waals surface area contributed by atoms with E-state index in [0.29, 0.717) is 24.0 Å². The maximum absolute atomic E-state index is 12.5. The molecule has 24 heavy (non-hydrogen) atoms. The molecule has 6 nitrogen and oxygen atoms in total. The Morgan fingerprint density at radius 1 is 1.29 bits per heavy atom. The molecular formula is C18H23N3O3. The third-order valence-corrected chi connectivity index (χ3v) is 4.05. The summed E-state index contributed by atoms with van der Waals surface area (Å²) in [5, 5.41) is 7.65. The first kappa shape index (κ1) is 16.4. The number of hydrogen-bond acceptors (Lipinski definition) is 4. The molecule has 1 aromatic heterocycles. The standard InChI is InChI=1S/C18H23N3O3/c1-4-9-21-16(18(22)19-12-5-6-12)11-15(20-21)14-8-7-13(23-2)10-17(14)24-3/h7-8,10-12H,4-6,9H2,1-3H3,(H,19,22). The highest BCUT2D eigenvalue weighted by atomic mass is 16.5. The van der Waals surface area contributed by atoms with Crippen LogP contribution >= 0.6 is 0 Å². The van der Waals surface area contributed by atoms with Gasteiger partial charge in [-0.15, -0.1) is 0 Å². The first-order valence-electron chi connectivity index (χ1n) is 8.27. The van der Waals surface area contributed by atoms with Gasteiger partial charge in [-0.1, -0.05) is 6.92 Å². The normalized spacial score (nSPS) is 13.6. The van der Waals surface area contributed by atoms with Crippen LogP contribution in [0.5, 0.6) is 11.5 Å². The molecule has 0 radical (unpaired) electrons. The van der Waals surface area contributed by atoms with Crippen molar-refractivity contribution in [1.29, 1.82) is 0 Å². The topological polar surface area (TPSA) is 65.4 Å². The van der Waals surface area contributed by atoms with E-state index in [1.807, 2.05) is 24.3 Å². The van der Waals surface area contributed by atoms with Crippen molar-refractivity contribution in [3.05, 3.63) is 30.0 Å². The van der Waals surface area contributed by atoms with E-state index in [4.69, 9.17) is 9.47 Å². The van der Waals surface area contributed by atoms with Crippen LogP contribution in [0.4, 0.5) is 0 Å². The van der Waals surface area contributed by atoms with Crippen LogP contribution in [0.2, 0.25) is 0 Å². The van der Waals surface area contributed by atoms with Crippen LogP contribution in [0.15, 0.2) is 24.3 Å². The van der Waals surface area contributed by atoms with Gasteiger partial charge in [-0.05, 0) is 37.5 Å². The second-order valence-corrected chi connectivity index (χ2v) is 5.95. The molecule has 2 aromatic rings. The highest BCUT2D eigenvalue weighted by Crippen LogP contribution is 2.33. The molecule has 128 valence electrons. The zero-order valence-corrected chi connectivity index (χ0v) is 14.3. The first-order chi connectivity index (χ1) is 11.7. The van der Waals surface area contributed by atoms with Gasteiger partial charge in [-0.2, -0.15) is 5.10 Å². The molecule has 1 amide bonds. The van der Waals surface area contributed by atoms with E-state index in [0.717, 1.165) is 36.3 Å². The van der Waals surface area contributed by atoms with Crippen molar-refractivity contribution in [1.82, 2.24) is 15.1 Å². The first-order valence-corrected chi connectivity index (χ1v) is 8.27. The lowest BCUT2D eigenvalue weighted by molar-refractivity contribution is 0.0940. The number of amides is 1. The van der Waals surface area contributed by atoms with Crippen molar-refractivity contribution in [2.45, 2.75) is 38.8 Å². The Morgan fingerprint density at radius 3 is 2.71 bits per heavy atom. The minimum absolute atomic E-state index is 0.0582. The molecule has 0 bridgehead atoms. The van der Waals surface area contributed by atoms with Crippen molar-refractivity contribution in [3.8, 4) is 22.8 Å². The highest BCUT2D eigenvalue weighted by Gasteiger charge is 2.26. The molecule has 1 saturated carbocycles. The SMILES string of the molecule is CCCn1nc(-c2ccc(OC)cc2OC)cc1C(=O)NC1CC1. The number of carbonyl (C=O) groups excluding carboxylic acids is 1. The Hall–Kier alpha value is -2.50. The molecule has 1 aromatic carbocycles. The Kier molecular flexibility index (Phi) is 4.74. The lowest BCUT2D eigenvalue weighted by Gasteiger charge is -2.08. The number of methoxy groups -OCH3 is 2. The van der Waals surface area contributed by atoms with E-state index >= 15 is 0 Å². The molecule has 1 heterocycles. The van der Waals surface area contributed by atoms with Crippen LogP contribution in [-0.4, -0.2) is 35.9 Å². The molecule has 0 aliphatic heterocycles. The summed E-state index contributed by atoms with van der Waals surface area (Å²) in [6, 6.07) is 7.73. The van der Waals surface area contributed by atoms with Gasteiger partial charge in [0.2, 0.25) is 0 Å². The fraction of sp³-hybridized carbons (Fsp3) is 0.444. The molecule has 6 heteroatoms. The number of hydrogen-bond donors (Lipinski definition) is 1. The predicted octanol–water partition coefficient (Wildman–Crippen LogP) is 2.87. The Bertz CT molecular complexity index is 735. The number of nitrogens with zero attached hydrogens (tertiary/aromatic N) is 2. The second-order valence-electron chi connectivity index (χ2n) is 5.95. The summed E-state index contributed by atoms with van der Waals surface area (Å²) in [7, 11) is 3.23. The van der Waals surface area contributed by atoms with Crippen molar-refractivity contribution in [3.63, 3.8) is 0 Å². The van der Waals surface area contributed by atoms with Crippen molar-refractivity contribution in [2.75, 3.05) is 14.2 Å². The van der Waals surface area contributed by atoms with Gasteiger partial charge in [0.15, 0.2) is 0 Å². The minimum Gasteiger partial charge on any atom is -0.497 e. The molecule has 1 aliphatic rings. The van der Waals surface area contributed by atoms with Crippen molar-refractivity contribution in [2.24, 2.45) is 0 Å². The Balaban J connectivity index is 1.97. The van der Waals surface area contributed by atoms with Crippen molar-refractivity contribution >= 4 is 5.91 Å². The number of carbonyl (C=O) groups is 1. The predicted molar refractivity (Wildman–Crippen MR) is 91.5 cm³/mol. The van der Waals surface area contributed by atoms with Crippen LogP contribution in [-0.2, 0) is 6.54 Å². The van der Waals surface area contributed by atoms with E-state index in [-0.39, 0.29) is 5.91 Å². The maximum Gasteiger partial charge on any atom is 0.269 e. The van der Waals surface area contributed by atoms with Gasteiger partial charge >= 0.3 is 0 Å². The second kappa shape index (κ2) is 6.95. The molecule has 1 aliphatic carbocycles. The van der Waals surface area contributed by atoms with E-state index in [1.54, 1.807) is 18.9 Å². The van der Waals surface area contributed by atoms with Gasteiger partial charge in [0.05, 0.1) is 19.9 Å². The third-order valence-electron chi connectivity index (χ3n) is 4.05. The van der Waals surface area contributed by atoms with Crippen LogP contribution in [0.1, 0.15) is 36.7 Å². The summed E-state index contributed by atoms with van der Waals surface area (Å²) in [5.74, 6) is 1.33. The quantitative estimate of drug-likeness (QED) is 0.848. The average Bonchev–Trinajstić information content (AvgIpc) is 3.31. The molecule has 1 fully saturated rings. The number of ether oxygens (including phenoxy) is 2. The number of aromatic nitrogens is 2. The molecule has 0 saturated heterocycles. The maximum atomic E-state index is 12.5. The average molecular weight is 329 g/mol. The number of benzene rings is 1. The molecule has 1 N–H and O–H groups in total. The zero-order valence-electron chi connectivity index (χ0n) is 14.3. The van der Waals surface area contributed by atoms with E-state index < -0.39 is 0 Å². The van der Waals surface area contributed by atoms with Crippen LogP contribution in [0.3, 0.4) is 0 Å². The monoisotopic (exact) mass is 329 g/mol. The molecular weight excluding hydrogens is 306 g/mol. The Labute approximate surface area is 141 Å². The molecule has 0 spiro atoms. The van der Waals surface area contributed by atoms with Crippen molar-refractivity contribution < 1.29 is 14.3 Å². The largest absolute Gasteiger partial charge is 0.497 e. The number of rotatable bonds is 7. The number of nitrogens with one attached hydrogen (secondary N) is 1. The summed E-state index contributed by atoms with van der Waals surface area (Å²) >= 11 is 0. The van der Waals surface area contributed by atoms with Gasteiger partial charge in [0.25, 0.3) is 5.91 Å². The van der Waals surface area contributed by atoms with Gasteiger partial charge < -0.3 is 14.8 Å². The summed E-state index contributed by atoms with van der Waals surface area (Å²) < 4.78 is 12.5. The van der Waals surface area contributed by atoms with Gasteiger partial charge in [-0.3, -0.25) is 9.48 Å². The number of aryl methyl sites for hydroxylation is 1. The summed E-state index contributed by atoms with van der Waals surface area (Å²) in [6.45, 7) is 2.77. The Morgan fingerprint density at radius 2 is 2.08 bits per heavy atom. The summed E-state index contributed by atoms with van der Waals surface area (Å²) in [4.78, 5) is 12.5. The van der Waals surface area contributed by atoms with E-state index in [9.17, 15) is 4.79 Å². The van der Waals surface area contributed by atoms with Gasteiger partial charge in [0.1, 0.15) is 17.2 Å². The third kappa shape index (κ3) is 3.37. The van der Waals surface area contributed by atoms with Gasteiger partial charge in [-0.25, -0.2) is 0 Å². The van der Waals surface area contributed by atoms with E-state index in [2.05, 4.69) is 17.3 Å². The fourth-order valence-corrected chi connectivity index (χ4v) is 2.61. The highest BCUT2D eigenvalue weighted by molar-refractivity contribution is 5.94. The molecule has 0 unspecified atom stereocenters. The van der Waals surface area contributed by atoms with Crippen LogP contribution in [0, 0.1) is 0 Å². The molecule has 0 atom stereocenters. The van der Waals surface area contributed by atoms with Crippen LogP contribution in [0.25, 0.3) is 11.3 Å². The fourth-order valence-electron chi connectivity index (χ4n) is 2.61. The smallest absolute Gasteiger partial charge is 0.269 e. The summed E-state index contributed by atoms with van der Waals surface area (Å²) in [6.07, 6.45) is 3.03.